The summed E-state index contributed by atoms with van der Waals surface area (Å²) in [4.78, 5) is 49.7. The second kappa shape index (κ2) is 9.73. The normalized spacial score (nSPS) is 15.6. The van der Waals surface area contributed by atoms with Gasteiger partial charge in [-0.3, -0.25) is 30.0 Å². The average molecular weight is 495 g/mol. The quantitative estimate of drug-likeness (QED) is 0.491. The number of hydrogen-bond donors (Lipinski definition) is 2. The number of ether oxygens (including phenoxy) is 1. The maximum absolute atomic E-state index is 12.2. The van der Waals surface area contributed by atoms with Crippen LogP contribution in [0, 0.1) is 5.92 Å². The third-order valence-corrected chi connectivity index (χ3v) is 5.22. The van der Waals surface area contributed by atoms with Gasteiger partial charge in [0.25, 0.3) is 11.8 Å². The van der Waals surface area contributed by atoms with E-state index in [1.54, 1.807) is 48.5 Å². The number of carbonyl (C=O) groups excluding carboxylic acids is 4. The first-order chi connectivity index (χ1) is 14.3. The first kappa shape index (κ1) is 21.8. The number of esters is 1. The number of hydrogen-bond acceptors (Lipinski definition) is 5. The van der Waals surface area contributed by atoms with E-state index in [2.05, 4.69) is 26.8 Å². The highest BCUT2D eigenvalue weighted by molar-refractivity contribution is 9.10. The van der Waals surface area contributed by atoms with Crippen LogP contribution in [-0.4, -0.2) is 36.8 Å². The van der Waals surface area contributed by atoms with Gasteiger partial charge in [-0.05, 0) is 36.4 Å². The van der Waals surface area contributed by atoms with Crippen LogP contribution in [0.15, 0.2) is 53.0 Å². The molecule has 3 rings (SSSR count). The van der Waals surface area contributed by atoms with E-state index >= 15 is 0 Å². The number of nitrogens with zero attached hydrogens (tertiary/aromatic N) is 1. The fourth-order valence-corrected chi connectivity index (χ4v) is 3.36. The van der Waals surface area contributed by atoms with E-state index in [0.717, 1.165) is 4.47 Å². The Morgan fingerprint density at radius 1 is 1.10 bits per heavy atom. The van der Waals surface area contributed by atoms with Crippen LogP contribution in [0.2, 0.25) is 5.02 Å². The molecule has 2 aromatic carbocycles. The Labute approximate surface area is 185 Å². The van der Waals surface area contributed by atoms with Gasteiger partial charge in [0.2, 0.25) is 5.91 Å². The molecule has 1 aliphatic heterocycles. The van der Waals surface area contributed by atoms with Crippen LogP contribution < -0.4 is 15.8 Å². The minimum absolute atomic E-state index is 0.0357. The molecule has 2 aromatic rings. The first-order valence-electron chi connectivity index (χ1n) is 8.91. The highest BCUT2D eigenvalue weighted by Crippen LogP contribution is 2.31. The molecule has 1 saturated heterocycles. The lowest BCUT2D eigenvalue weighted by molar-refractivity contribution is -0.152. The van der Waals surface area contributed by atoms with E-state index in [1.807, 2.05) is 0 Å². The van der Waals surface area contributed by atoms with E-state index in [4.69, 9.17) is 16.3 Å². The number of carbonyl (C=O) groups is 4. The Morgan fingerprint density at radius 2 is 1.80 bits per heavy atom. The Bertz CT molecular complexity index is 983. The summed E-state index contributed by atoms with van der Waals surface area (Å²) < 4.78 is 5.80. The lowest BCUT2D eigenvalue weighted by atomic mass is 10.1. The monoisotopic (exact) mass is 493 g/mol. The molecule has 0 radical (unpaired) electrons. The van der Waals surface area contributed by atoms with Gasteiger partial charge < -0.3 is 9.64 Å². The predicted molar refractivity (Wildman–Crippen MR) is 113 cm³/mol. The number of para-hydroxylation sites is 1. The Balaban J connectivity index is 1.45. The minimum Gasteiger partial charge on any atom is -0.455 e. The molecule has 0 bridgehead atoms. The summed E-state index contributed by atoms with van der Waals surface area (Å²) in [5.74, 6) is -2.86. The van der Waals surface area contributed by atoms with Crippen molar-refractivity contribution in [1.82, 2.24) is 10.9 Å². The van der Waals surface area contributed by atoms with Crippen molar-refractivity contribution < 1.29 is 23.9 Å². The molecule has 1 aliphatic rings. The van der Waals surface area contributed by atoms with Gasteiger partial charge in [0.05, 0.1) is 16.6 Å². The first-order valence-corrected chi connectivity index (χ1v) is 10.1. The second-order valence-corrected chi connectivity index (χ2v) is 7.80. The lowest BCUT2D eigenvalue weighted by Gasteiger charge is -2.17. The summed E-state index contributed by atoms with van der Waals surface area (Å²) in [5.41, 5.74) is 5.27. The van der Waals surface area contributed by atoms with Gasteiger partial charge in [-0.15, -0.1) is 0 Å². The van der Waals surface area contributed by atoms with Gasteiger partial charge in [-0.1, -0.05) is 39.7 Å². The number of halogens is 2. The predicted octanol–water partition coefficient (Wildman–Crippen LogP) is 2.46. The summed E-state index contributed by atoms with van der Waals surface area (Å²) in [7, 11) is 0. The topological polar surface area (TPSA) is 105 Å². The summed E-state index contributed by atoms with van der Waals surface area (Å²) in [6.07, 6.45) is -0.0357. The molecule has 8 nitrogen and oxygen atoms in total. The van der Waals surface area contributed by atoms with Crippen LogP contribution in [0.5, 0.6) is 0 Å². The molecule has 0 aliphatic carbocycles. The molecule has 156 valence electrons. The zero-order valence-corrected chi connectivity index (χ0v) is 17.9. The van der Waals surface area contributed by atoms with Crippen LogP contribution in [0.25, 0.3) is 0 Å². The van der Waals surface area contributed by atoms with E-state index in [1.165, 1.54) is 4.90 Å². The zero-order valence-electron chi connectivity index (χ0n) is 15.6. The molecule has 0 spiro atoms. The van der Waals surface area contributed by atoms with Crippen molar-refractivity contribution in [3.8, 4) is 0 Å². The van der Waals surface area contributed by atoms with Crippen LogP contribution in [0.4, 0.5) is 5.69 Å². The molecule has 0 aromatic heterocycles. The number of hydrazine groups is 1. The van der Waals surface area contributed by atoms with Crippen molar-refractivity contribution >= 4 is 56.9 Å². The molecule has 10 heteroatoms. The Morgan fingerprint density at radius 3 is 2.50 bits per heavy atom. The number of benzene rings is 2. The molecule has 30 heavy (non-hydrogen) atoms. The molecule has 0 unspecified atom stereocenters. The molecule has 0 saturated carbocycles. The number of nitrogens with one attached hydrogen (secondary N) is 2. The molecule has 1 atom stereocenters. The zero-order chi connectivity index (χ0) is 21.7. The van der Waals surface area contributed by atoms with Gasteiger partial charge in [0.1, 0.15) is 0 Å². The maximum atomic E-state index is 12.2. The molecular weight excluding hydrogens is 478 g/mol. The second-order valence-electron chi connectivity index (χ2n) is 6.47. The average Bonchev–Trinajstić information content (AvgIpc) is 3.12. The molecule has 3 amide bonds. The Kier molecular flexibility index (Phi) is 7.07. The van der Waals surface area contributed by atoms with Gasteiger partial charge in [0, 0.05) is 23.0 Å². The highest BCUT2D eigenvalue weighted by atomic mass is 79.9. The SMILES string of the molecule is O=C(COC(=O)[C@@H]1CC(=O)N(c2ccccc2Cl)C1)NNC(=O)c1ccc(Br)cc1. The largest absolute Gasteiger partial charge is 0.455 e. The molecule has 1 fully saturated rings. The highest BCUT2D eigenvalue weighted by Gasteiger charge is 2.37. The lowest BCUT2D eigenvalue weighted by Crippen LogP contribution is -2.43. The molecule has 1 heterocycles. The third-order valence-electron chi connectivity index (χ3n) is 4.37. The van der Waals surface area contributed by atoms with Gasteiger partial charge >= 0.3 is 5.97 Å². The van der Waals surface area contributed by atoms with Crippen molar-refractivity contribution in [3.63, 3.8) is 0 Å². The standard InChI is InChI=1S/C20H17BrClN3O5/c21-14-7-5-12(6-8-14)19(28)24-23-17(26)11-30-20(29)13-9-18(27)25(10-13)16-4-2-1-3-15(16)22/h1-8,13H,9-11H2,(H,23,26)(H,24,28)/t13-/m1/s1. The van der Waals surface area contributed by atoms with Crippen LogP contribution in [-0.2, 0) is 19.1 Å². The number of rotatable bonds is 5. The van der Waals surface area contributed by atoms with Crippen LogP contribution >= 0.6 is 27.5 Å². The summed E-state index contributed by atoms with van der Waals surface area (Å²) >= 11 is 9.37. The molecular formula is C20H17BrClN3O5. The summed E-state index contributed by atoms with van der Waals surface area (Å²) in [5, 5.41) is 0.403. The fraction of sp³-hybridized carbons (Fsp3) is 0.200. The van der Waals surface area contributed by atoms with Crippen molar-refractivity contribution in [2.45, 2.75) is 6.42 Å². The van der Waals surface area contributed by atoms with E-state index in [-0.39, 0.29) is 18.9 Å². The number of anilines is 1. The van der Waals surface area contributed by atoms with Crippen molar-refractivity contribution in [3.05, 3.63) is 63.6 Å². The summed E-state index contributed by atoms with van der Waals surface area (Å²) in [6.45, 7) is -0.473. The van der Waals surface area contributed by atoms with Crippen molar-refractivity contribution in [2.24, 2.45) is 5.92 Å². The van der Waals surface area contributed by atoms with E-state index < -0.39 is 30.3 Å². The minimum atomic E-state index is -0.709. The molecule has 2 N–H and O–H groups in total. The van der Waals surface area contributed by atoms with Crippen LogP contribution in [0.3, 0.4) is 0 Å². The van der Waals surface area contributed by atoms with Crippen LogP contribution in [0.1, 0.15) is 16.8 Å². The Hall–Kier alpha value is -2.91. The van der Waals surface area contributed by atoms with Crippen molar-refractivity contribution in [1.29, 1.82) is 0 Å². The fourth-order valence-electron chi connectivity index (χ4n) is 2.86. The van der Waals surface area contributed by atoms with Gasteiger partial charge in [-0.2, -0.15) is 0 Å². The van der Waals surface area contributed by atoms with E-state index in [9.17, 15) is 19.2 Å². The smallest absolute Gasteiger partial charge is 0.311 e. The number of amides is 3. The van der Waals surface area contributed by atoms with Gasteiger partial charge in [-0.25, -0.2) is 0 Å². The van der Waals surface area contributed by atoms with E-state index in [0.29, 0.717) is 16.3 Å². The van der Waals surface area contributed by atoms with Crippen molar-refractivity contribution in [2.75, 3.05) is 18.1 Å². The summed E-state index contributed by atoms with van der Waals surface area (Å²) in [6, 6.07) is 13.4. The maximum Gasteiger partial charge on any atom is 0.311 e. The third kappa shape index (κ3) is 5.37. The van der Waals surface area contributed by atoms with Gasteiger partial charge in [0.15, 0.2) is 6.61 Å².